The summed E-state index contributed by atoms with van der Waals surface area (Å²) < 4.78 is 6.74. The van der Waals surface area contributed by atoms with Gasteiger partial charge < -0.3 is 4.74 Å². The highest BCUT2D eigenvalue weighted by atomic mass is 127. The first-order chi connectivity index (χ1) is 7.75. The van der Waals surface area contributed by atoms with Gasteiger partial charge in [-0.2, -0.15) is 0 Å². The highest BCUT2D eigenvalue weighted by Gasteiger charge is 1.99. The Labute approximate surface area is 109 Å². The molecule has 0 aromatic heterocycles. The molecule has 0 bridgehead atoms. The Hall–Kier alpha value is -1.29. The van der Waals surface area contributed by atoms with Gasteiger partial charge in [0.05, 0.1) is 0 Å². The zero-order chi connectivity index (χ0) is 11.4. The van der Waals surface area contributed by atoms with E-state index in [0.29, 0.717) is 0 Å². The van der Waals surface area contributed by atoms with Crippen molar-refractivity contribution in [3.05, 3.63) is 66.7 Å². The van der Waals surface area contributed by atoms with Crippen molar-refractivity contribution in [2.45, 2.75) is 0 Å². The summed E-state index contributed by atoms with van der Waals surface area (Å²) >= 11 is 2.21. The maximum Gasteiger partial charge on any atom is 0.128 e. The highest BCUT2D eigenvalue weighted by molar-refractivity contribution is 14.1. The molecular weight excluding hydrogens is 311 g/mol. The van der Waals surface area contributed by atoms with Gasteiger partial charge in [-0.05, 0) is 52.4 Å². The standard InChI is InChI=1S/C14H11IO/c1-11(15)12-6-5-9-14(10-12)16-13-7-3-2-4-8-13/h2-10H,1H2. The molecule has 0 amide bonds. The van der Waals surface area contributed by atoms with Crippen molar-refractivity contribution in [1.29, 1.82) is 0 Å². The fraction of sp³-hybridized carbons (Fsp3) is 0. The van der Waals surface area contributed by atoms with Gasteiger partial charge in [0, 0.05) is 3.58 Å². The summed E-state index contributed by atoms with van der Waals surface area (Å²) in [6.45, 7) is 3.90. The lowest BCUT2D eigenvalue weighted by Gasteiger charge is -2.06. The second kappa shape index (κ2) is 5.16. The van der Waals surface area contributed by atoms with Gasteiger partial charge in [-0.1, -0.05) is 36.9 Å². The van der Waals surface area contributed by atoms with Crippen LogP contribution in [0.15, 0.2) is 61.2 Å². The zero-order valence-corrected chi connectivity index (χ0v) is 10.8. The second-order valence-electron chi connectivity index (χ2n) is 3.35. The molecule has 0 aliphatic rings. The number of hydrogen-bond donors (Lipinski definition) is 0. The third-order valence-corrected chi connectivity index (χ3v) is 2.75. The Balaban J connectivity index is 2.22. The van der Waals surface area contributed by atoms with E-state index in [2.05, 4.69) is 29.2 Å². The molecule has 0 N–H and O–H groups in total. The fourth-order valence-corrected chi connectivity index (χ4v) is 1.69. The van der Waals surface area contributed by atoms with Crippen molar-refractivity contribution in [3.63, 3.8) is 0 Å². The van der Waals surface area contributed by atoms with Crippen molar-refractivity contribution in [2.24, 2.45) is 0 Å². The molecule has 2 aromatic rings. The quantitative estimate of drug-likeness (QED) is 0.732. The number of hydrogen-bond acceptors (Lipinski definition) is 1. The Morgan fingerprint density at radius 1 is 0.938 bits per heavy atom. The maximum atomic E-state index is 5.72. The van der Waals surface area contributed by atoms with Crippen LogP contribution in [0, 0.1) is 0 Å². The van der Waals surface area contributed by atoms with E-state index in [0.717, 1.165) is 20.6 Å². The maximum absolute atomic E-state index is 5.72. The number of benzene rings is 2. The van der Waals surface area contributed by atoms with Crippen LogP contribution in [0.2, 0.25) is 0 Å². The Bertz CT molecular complexity index is 491. The van der Waals surface area contributed by atoms with Crippen LogP contribution in [0.4, 0.5) is 0 Å². The summed E-state index contributed by atoms with van der Waals surface area (Å²) in [6.07, 6.45) is 0. The third-order valence-electron chi connectivity index (χ3n) is 2.13. The van der Waals surface area contributed by atoms with Gasteiger partial charge in [-0.25, -0.2) is 0 Å². The monoisotopic (exact) mass is 322 g/mol. The largest absolute Gasteiger partial charge is 0.457 e. The summed E-state index contributed by atoms with van der Waals surface area (Å²) in [5, 5.41) is 0. The highest BCUT2D eigenvalue weighted by Crippen LogP contribution is 2.26. The van der Waals surface area contributed by atoms with Crippen LogP contribution in [0.3, 0.4) is 0 Å². The molecule has 0 spiro atoms. The van der Waals surface area contributed by atoms with E-state index in [4.69, 9.17) is 4.74 Å². The smallest absolute Gasteiger partial charge is 0.128 e. The number of rotatable bonds is 3. The summed E-state index contributed by atoms with van der Waals surface area (Å²) in [4.78, 5) is 0. The summed E-state index contributed by atoms with van der Waals surface area (Å²) in [5.74, 6) is 1.68. The summed E-state index contributed by atoms with van der Waals surface area (Å²) in [7, 11) is 0. The van der Waals surface area contributed by atoms with E-state index >= 15 is 0 Å². The van der Waals surface area contributed by atoms with E-state index in [-0.39, 0.29) is 0 Å². The lowest BCUT2D eigenvalue weighted by Crippen LogP contribution is -1.84. The molecule has 0 fully saturated rings. The number of ether oxygens (including phenoxy) is 1. The van der Waals surface area contributed by atoms with Crippen molar-refractivity contribution in [2.75, 3.05) is 0 Å². The van der Waals surface area contributed by atoms with E-state index in [1.165, 1.54) is 0 Å². The predicted octanol–water partition coefficient (Wildman–Crippen LogP) is 4.88. The summed E-state index contributed by atoms with van der Waals surface area (Å²) in [5.41, 5.74) is 1.09. The Morgan fingerprint density at radius 3 is 2.31 bits per heavy atom. The minimum absolute atomic E-state index is 0.835. The minimum atomic E-state index is 0.835. The van der Waals surface area contributed by atoms with Crippen LogP contribution in [0.1, 0.15) is 5.56 Å². The van der Waals surface area contributed by atoms with Gasteiger partial charge in [-0.3, -0.25) is 0 Å². The molecule has 16 heavy (non-hydrogen) atoms. The predicted molar refractivity (Wildman–Crippen MR) is 76.0 cm³/mol. The number of para-hydroxylation sites is 1. The van der Waals surface area contributed by atoms with E-state index in [1.807, 2.05) is 54.6 Å². The van der Waals surface area contributed by atoms with Crippen LogP contribution in [-0.4, -0.2) is 0 Å². The molecule has 2 heteroatoms. The molecule has 2 aromatic carbocycles. The van der Waals surface area contributed by atoms with Gasteiger partial charge in [0.2, 0.25) is 0 Å². The molecular formula is C14H11IO. The second-order valence-corrected chi connectivity index (χ2v) is 4.65. The van der Waals surface area contributed by atoms with Gasteiger partial charge in [0.25, 0.3) is 0 Å². The first-order valence-electron chi connectivity index (χ1n) is 4.93. The molecule has 2 rings (SSSR count). The van der Waals surface area contributed by atoms with Gasteiger partial charge in [-0.15, -0.1) is 0 Å². The van der Waals surface area contributed by atoms with Crippen LogP contribution < -0.4 is 4.74 Å². The van der Waals surface area contributed by atoms with Gasteiger partial charge in [0.15, 0.2) is 0 Å². The van der Waals surface area contributed by atoms with Crippen molar-refractivity contribution in [3.8, 4) is 11.5 Å². The zero-order valence-electron chi connectivity index (χ0n) is 8.69. The normalized spacial score (nSPS) is 9.81. The first-order valence-corrected chi connectivity index (χ1v) is 6.01. The van der Waals surface area contributed by atoms with E-state index in [9.17, 15) is 0 Å². The van der Waals surface area contributed by atoms with Crippen molar-refractivity contribution >= 4 is 26.2 Å². The van der Waals surface area contributed by atoms with Gasteiger partial charge >= 0.3 is 0 Å². The third kappa shape index (κ3) is 2.85. The van der Waals surface area contributed by atoms with Crippen LogP contribution >= 0.6 is 22.6 Å². The number of halogens is 1. The van der Waals surface area contributed by atoms with E-state index in [1.54, 1.807) is 0 Å². The van der Waals surface area contributed by atoms with Crippen LogP contribution in [-0.2, 0) is 0 Å². The Kier molecular flexibility index (Phi) is 3.62. The lowest BCUT2D eigenvalue weighted by molar-refractivity contribution is 0.482. The minimum Gasteiger partial charge on any atom is -0.457 e. The average molecular weight is 322 g/mol. The molecule has 0 aliphatic carbocycles. The first kappa shape index (κ1) is 11.2. The van der Waals surface area contributed by atoms with Crippen LogP contribution in [0.5, 0.6) is 11.5 Å². The Morgan fingerprint density at radius 2 is 1.62 bits per heavy atom. The fourth-order valence-electron chi connectivity index (χ4n) is 1.35. The molecule has 1 nitrogen and oxygen atoms in total. The van der Waals surface area contributed by atoms with E-state index < -0.39 is 0 Å². The topological polar surface area (TPSA) is 9.23 Å². The van der Waals surface area contributed by atoms with Crippen LogP contribution in [0.25, 0.3) is 3.58 Å². The van der Waals surface area contributed by atoms with Crippen molar-refractivity contribution in [1.82, 2.24) is 0 Å². The molecule has 0 unspecified atom stereocenters. The average Bonchev–Trinajstić information content (AvgIpc) is 2.30. The molecule has 0 radical (unpaired) electrons. The molecule has 0 aliphatic heterocycles. The molecule has 0 atom stereocenters. The lowest BCUT2D eigenvalue weighted by atomic mass is 10.2. The molecule has 0 saturated heterocycles. The van der Waals surface area contributed by atoms with Gasteiger partial charge in [0.1, 0.15) is 11.5 Å². The molecule has 0 saturated carbocycles. The SMILES string of the molecule is C=C(I)c1cccc(Oc2ccccc2)c1. The molecule has 0 heterocycles. The van der Waals surface area contributed by atoms with Crippen molar-refractivity contribution < 1.29 is 4.74 Å². The summed E-state index contributed by atoms with van der Waals surface area (Å²) in [6, 6.07) is 17.7. The molecule has 80 valence electrons.